The van der Waals surface area contributed by atoms with Gasteiger partial charge >= 0.3 is 5.82 Å². The van der Waals surface area contributed by atoms with Crippen LogP contribution in [0.25, 0.3) is 0 Å². The van der Waals surface area contributed by atoms with Crippen LogP contribution in [0.4, 0.5) is 5.82 Å². The van der Waals surface area contributed by atoms with Crippen LogP contribution >= 0.6 is 15.9 Å². The number of nitrogens with zero attached hydrogens (tertiary/aromatic N) is 5. The minimum absolute atomic E-state index is 0.110. The molecule has 0 bridgehead atoms. The van der Waals surface area contributed by atoms with Crippen molar-refractivity contribution in [2.75, 3.05) is 6.54 Å². The van der Waals surface area contributed by atoms with Gasteiger partial charge in [-0.15, -0.1) is 0 Å². The molecule has 1 N–H and O–H groups in total. The first kappa shape index (κ1) is 17.1. The molecule has 9 nitrogen and oxygen atoms in total. The van der Waals surface area contributed by atoms with E-state index >= 15 is 0 Å². The van der Waals surface area contributed by atoms with Gasteiger partial charge in [0.25, 0.3) is 0 Å². The third kappa shape index (κ3) is 5.16. The molecule has 0 aliphatic heterocycles. The molecule has 0 fully saturated rings. The van der Waals surface area contributed by atoms with Gasteiger partial charge in [0.2, 0.25) is 5.91 Å². The first-order chi connectivity index (χ1) is 11.0. The molecule has 2 aromatic rings. The predicted octanol–water partition coefficient (Wildman–Crippen LogP) is 1.66. The molecule has 0 aliphatic carbocycles. The second-order valence-electron chi connectivity index (χ2n) is 4.97. The third-order valence-corrected chi connectivity index (χ3v) is 3.93. The summed E-state index contributed by atoms with van der Waals surface area (Å²) in [5, 5.41) is 21.4. The number of nitro groups is 1. The van der Waals surface area contributed by atoms with Crippen molar-refractivity contribution in [2.45, 2.75) is 32.9 Å². The molecule has 2 rings (SSSR count). The monoisotopic (exact) mass is 384 g/mol. The minimum Gasteiger partial charge on any atom is -0.358 e. The van der Waals surface area contributed by atoms with Crippen molar-refractivity contribution in [1.82, 2.24) is 24.9 Å². The maximum atomic E-state index is 11.7. The van der Waals surface area contributed by atoms with Crippen LogP contribution in [0.2, 0.25) is 0 Å². The second kappa shape index (κ2) is 7.86. The Hall–Kier alpha value is -2.23. The SMILES string of the molecule is Cc1nn(CCCNC(=O)CCn2ccc([N+](=O)[O-])n2)cc1Br. The molecule has 23 heavy (non-hydrogen) atoms. The van der Waals surface area contributed by atoms with Gasteiger partial charge in [0.1, 0.15) is 0 Å². The van der Waals surface area contributed by atoms with Gasteiger partial charge < -0.3 is 15.4 Å². The number of aromatic nitrogens is 4. The largest absolute Gasteiger partial charge is 0.389 e. The Morgan fingerprint density at radius 1 is 1.39 bits per heavy atom. The number of rotatable bonds is 8. The number of hydrogen-bond acceptors (Lipinski definition) is 5. The lowest BCUT2D eigenvalue weighted by atomic mass is 10.3. The van der Waals surface area contributed by atoms with E-state index in [1.165, 1.54) is 16.9 Å². The molecule has 0 aromatic carbocycles. The Balaban J connectivity index is 1.64. The van der Waals surface area contributed by atoms with E-state index in [9.17, 15) is 14.9 Å². The van der Waals surface area contributed by atoms with Crippen LogP contribution in [0.1, 0.15) is 18.5 Å². The number of hydrogen-bond donors (Lipinski definition) is 1. The fraction of sp³-hybridized carbons (Fsp3) is 0.462. The Morgan fingerprint density at radius 3 is 2.78 bits per heavy atom. The zero-order chi connectivity index (χ0) is 16.8. The van der Waals surface area contributed by atoms with Crippen LogP contribution in [0, 0.1) is 17.0 Å². The van der Waals surface area contributed by atoms with Crippen LogP contribution in [0.3, 0.4) is 0 Å². The molecule has 0 saturated heterocycles. The number of nitrogens with one attached hydrogen (secondary N) is 1. The molecular formula is C13H17BrN6O3. The van der Waals surface area contributed by atoms with Crippen molar-refractivity contribution >= 4 is 27.7 Å². The molecule has 0 saturated carbocycles. The lowest BCUT2D eigenvalue weighted by Gasteiger charge is -2.05. The molecule has 2 heterocycles. The summed E-state index contributed by atoms with van der Waals surface area (Å²) in [7, 11) is 0. The van der Waals surface area contributed by atoms with E-state index in [2.05, 4.69) is 31.4 Å². The molecule has 2 aromatic heterocycles. The molecule has 10 heteroatoms. The highest BCUT2D eigenvalue weighted by Crippen LogP contribution is 2.13. The van der Waals surface area contributed by atoms with Gasteiger partial charge in [0.05, 0.1) is 34.1 Å². The van der Waals surface area contributed by atoms with Crippen molar-refractivity contribution in [2.24, 2.45) is 0 Å². The first-order valence-corrected chi connectivity index (χ1v) is 7.89. The molecule has 124 valence electrons. The summed E-state index contributed by atoms with van der Waals surface area (Å²) < 4.78 is 4.19. The Morgan fingerprint density at radius 2 is 2.17 bits per heavy atom. The Labute approximate surface area is 140 Å². The van der Waals surface area contributed by atoms with Crippen molar-refractivity contribution in [3.63, 3.8) is 0 Å². The van der Waals surface area contributed by atoms with Gasteiger partial charge in [-0.05, 0) is 34.2 Å². The van der Waals surface area contributed by atoms with Crippen molar-refractivity contribution < 1.29 is 9.72 Å². The Bertz CT molecular complexity index is 676. The van der Waals surface area contributed by atoms with Crippen molar-refractivity contribution in [3.8, 4) is 0 Å². The summed E-state index contributed by atoms with van der Waals surface area (Å²) in [6.45, 7) is 3.50. The fourth-order valence-corrected chi connectivity index (χ4v) is 2.27. The van der Waals surface area contributed by atoms with Gasteiger partial charge in [-0.2, -0.15) is 9.78 Å². The Kier molecular flexibility index (Phi) is 5.85. The van der Waals surface area contributed by atoms with E-state index in [0.717, 1.165) is 23.1 Å². The molecule has 0 radical (unpaired) electrons. The minimum atomic E-state index is -0.564. The number of amides is 1. The van der Waals surface area contributed by atoms with E-state index in [0.29, 0.717) is 13.1 Å². The standard InChI is InChI=1S/C13H17BrN6O3/c1-10-11(14)9-19(16-10)6-2-5-15-13(21)4-8-18-7-3-12(17-18)20(22)23/h3,7,9H,2,4-6,8H2,1H3,(H,15,21). The van der Waals surface area contributed by atoms with Gasteiger partial charge in [-0.1, -0.05) is 0 Å². The zero-order valence-electron chi connectivity index (χ0n) is 12.6. The van der Waals surface area contributed by atoms with Crippen LogP contribution in [0.15, 0.2) is 22.9 Å². The van der Waals surface area contributed by atoms with E-state index in [-0.39, 0.29) is 18.1 Å². The fourth-order valence-electron chi connectivity index (χ4n) is 1.95. The van der Waals surface area contributed by atoms with Gasteiger partial charge in [0.15, 0.2) is 0 Å². The third-order valence-electron chi connectivity index (χ3n) is 3.15. The molecule has 0 atom stereocenters. The average molecular weight is 385 g/mol. The van der Waals surface area contributed by atoms with Crippen molar-refractivity contribution in [3.05, 3.63) is 38.7 Å². The van der Waals surface area contributed by atoms with Crippen LogP contribution in [-0.2, 0) is 17.9 Å². The highest BCUT2D eigenvalue weighted by atomic mass is 79.9. The number of aryl methyl sites for hydroxylation is 3. The summed E-state index contributed by atoms with van der Waals surface area (Å²) in [6.07, 6.45) is 4.39. The molecule has 0 spiro atoms. The van der Waals surface area contributed by atoms with E-state index in [1.54, 1.807) is 0 Å². The van der Waals surface area contributed by atoms with Crippen LogP contribution in [0.5, 0.6) is 0 Å². The highest BCUT2D eigenvalue weighted by molar-refractivity contribution is 9.10. The molecule has 0 aliphatic rings. The van der Waals surface area contributed by atoms with E-state index in [1.807, 2.05) is 17.8 Å². The smallest absolute Gasteiger partial charge is 0.358 e. The first-order valence-electron chi connectivity index (χ1n) is 7.10. The predicted molar refractivity (Wildman–Crippen MR) is 85.8 cm³/mol. The summed E-state index contributed by atoms with van der Waals surface area (Å²) in [5.41, 5.74) is 0.933. The average Bonchev–Trinajstić information content (AvgIpc) is 3.09. The molecule has 1 amide bonds. The summed E-state index contributed by atoms with van der Waals surface area (Å²) >= 11 is 3.40. The lowest BCUT2D eigenvalue weighted by molar-refractivity contribution is -0.389. The van der Waals surface area contributed by atoms with Crippen molar-refractivity contribution in [1.29, 1.82) is 0 Å². The molecule has 0 unspecified atom stereocenters. The normalized spacial score (nSPS) is 10.7. The lowest BCUT2D eigenvalue weighted by Crippen LogP contribution is -2.26. The number of carbonyl (C=O) groups excluding carboxylic acids is 1. The maximum absolute atomic E-state index is 11.7. The number of halogens is 1. The highest BCUT2D eigenvalue weighted by Gasteiger charge is 2.11. The topological polar surface area (TPSA) is 108 Å². The number of carbonyl (C=O) groups is 1. The summed E-state index contributed by atoms with van der Waals surface area (Å²) in [6, 6.07) is 1.31. The van der Waals surface area contributed by atoms with Gasteiger partial charge in [0, 0.05) is 25.7 Å². The zero-order valence-corrected chi connectivity index (χ0v) is 14.2. The van der Waals surface area contributed by atoms with Gasteiger partial charge in [-0.3, -0.25) is 9.48 Å². The maximum Gasteiger partial charge on any atom is 0.389 e. The summed E-state index contributed by atoms with van der Waals surface area (Å²) in [4.78, 5) is 21.7. The second-order valence-corrected chi connectivity index (χ2v) is 5.83. The van der Waals surface area contributed by atoms with E-state index < -0.39 is 4.92 Å². The van der Waals surface area contributed by atoms with Gasteiger partial charge in [-0.25, -0.2) is 0 Å². The van der Waals surface area contributed by atoms with E-state index in [4.69, 9.17) is 0 Å². The molecular weight excluding hydrogens is 368 g/mol. The summed E-state index contributed by atoms with van der Waals surface area (Å²) in [5.74, 6) is -0.327. The van der Waals surface area contributed by atoms with Crippen LogP contribution < -0.4 is 5.32 Å². The van der Waals surface area contributed by atoms with Crippen LogP contribution in [-0.4, -0.2) is 36.9 Å². The quantitative estimate of drug-likeness (QED) is 0.422.